The van der Waals surface area contributed by atoms with Crippen LogP contribution in [0.3, 0.4) is 0 Å². The van der Waals surface area contributed by atoms with Crippen molar-refractivity contribution in [2.75, 3.05) is 33.5 Å². The number of hydrogen-bond donors (Lipinski definition) is 3. The van der Waals surface area contributed by atoms with Crippen LogP contribution in [0.15, 0.2) is 0 Å². The second-order valence-corrected chi connectivity index (χ2v) is 5.43. The zero-order chi connectivity index (χ0) is 19.0. The third-order valence-electron chi connectivity index (χ3n) is 3.17. The highest BCUT2D eigenvalue weighted by Gasteiger charge is 2.01. The van der Waals surface area contributed by atoms with Crippen molar-refractivity contribution in [1.29, 1.82) is 0 Å². The lowest BCUT2D eigenvalue weighted by Gasteiger charge is -2.01. The normalized spacial score (nSPS) is 10.2. The minimum Gasteiger partial charge on any atom is -0.394 e. The lowest BCUT2D eigenvalue weighted by molar-refractivity contribution is -0.255. The summed E-state index contributed by atoms with van der Waals surface area (Å²) < 4.78 is 0. The highest BCUT2D eigenvalue weighted by Crippen LogP contribution is 2.10. The number of aliphatic hydroxyl groups is 2. The third kappa shape index (κ3) is 28.3. The molecule has 0 aliphatic carbocycles. The van der Waals surface area contributed by atoms with E-state index in [0.717, 1.165) is 12.8 Å². The average molecular weight is 367 g/mol. The van der Waals surface area contributed by atoms with Gasteiger partial charge in [-0.05, 0) is 6.42 Å². The Kier molecular flexibility index (Phi) is 27.0. The first-order chi connectivity index (χ1) is 12.2. The minimum absolute atomic E-state index is 0.0600. The second-order valence-electron chi connectivity index (χ2n) is 5.43. The van der Waals surface area contributed by atoms with Crippen LogP contribution in [-0.2, 0) is 24.2 Å². The summed E-state index contributed by atoms with van der Waals surface area (Å²) >= 11 is 0. The molecule has 8 nitrogen and oxygen atoms in total. The quantitative estimate of drug-likeness (QED) is 0.204. The Hall–Kier alpha value is -0.770. The second kappa shape index (κ2) is 25.5. The summed E-state index contributed by atoms with van der Waals surface area (Å²) in [6.45, 7) is 2.46. The molecule has 8 heteroatoms. The van der Waals surface area contributed by atoms with Crippen molar-refractivity contribution in [2.24, 2.45) is 0 Å². The van der Waals surface area contributed by atoms with Crippen molar-refractivity contribution < 1.29 is 34.5 Å². The molecule has 0 spiro atoms. The molecule has 3 N–H and O–H groups in total. The van der Waals surface area contributed by atoms with Crippen LogP contribution in [0.5, 0.6) is 0 Å². The van der Waals surface area contributed by atoms with E-state index in [0.29, 0.717) is 6.42 Å². The zero-order valence-corrected chi connectivity index (χ0v) is 15.8. The molecule has 0 atom stereocenters. The van der Waals surface area contributed by atoms with Crippen molar-refractivity contribution >= 4 is 5.97 Å². The van der Waals surface area contributed by atoms with Gasteiger partial charge in [0.15, 0.2) is 0 Å². The van der Waals surface area contributed by atoms with Crippen molar-refractivity contribution in [3.8, 4) is 0 Å². The minimum atomic E-state index is -0.259. The molecule has 0 aliphatic rings. The molecule has 0 fully saturated rings. The highest BCUT2D eigenvalue weighted by atomic mass is 17.2. The molecule has 25 heavy (non-hydrogen) atoms. The van der Waals surface area contributed by atoms with E-state index in [1.54, 1.807) is 0 Å². The smallest absolute Gasteiger partial charge is 0.342 e. The Labute approximate surface area is 151 Å². The molecule has 0 saturated carbocycles. The molecule has 0 aromatic heterocycles. The summed E-state index contributed by atoms with van der Waals surface area (Å²) in [4.78, 5) is 28.5. The maximum Gasteiger partial charge on any atom is 0.342 e. The molecule has 0 aromatic carbocycles. The van der Waals surface area contributed by atoms with E-state index in [1.807, 2.05) is 0 Å². The van der Waals surface area contributed by atoms with Crippen molar-refractivity contribution in [3.63, 3.8) is 0 Å². The van der Waals surface area contributed by atoms with E-state index in [9.17, 15) is 4.79 Å². The van der Waals surface area contributed by atoms with Crippen LogP contribution in [0.4, 0.5) is 0 Å². The molecular weight excluding hydrogens is 330 g/mol. The fraction of sp³-hybridized carbons (Fsp3) is 0.941. The topological polar surface area (TPSA) is 106 Å². The predicted molar refractivity (Wildman–Crippen MR) is 94.2 cm³/mol. The number of carbonyl (C=O) groups is 1. The van der Waals surface area contributed by atoms with Crippen LogP contribution in [0.2, 0.25) is 0 Å². The van der Waals surface area contributed by atoms with Gasteiger partial charge in [0.05, 0.1) is 33.5 Å². The Morgan fingerprint density at radius 1 is 0.840 bits per heavy atom. The SMILES string of the molecule is CCCCCCCCCCCC(=O)OOC.OCCONOCCO. The first-order valence-electron chi connectivity index (χ1n) is 9.16. The van der Waals surface area contributed by atoms with Crippen molar-refractivity contribution in [2.45, 2.75) is 71.1 Å². The number of nitrogens with one attached hydrogen (secondary N) is 1. The largest absolute Gasteiger partial charge is 0.394 e. The number of unbranched alkanes of at least 4 members (excludes halogenated alkanes) is 8. The van der Waals surface area contributed by atoms with Gasteiger partial charge in [-0.15, -0.1) is 0 Å². The molecule has 0 aromatic rings. The number of hydrogen-bond acceptors (Lipinski definition) is 8. The van der Waals surface area contributed by atoms with Gasteiger partial charge in [0, 0.05) is 6.42 Å². The number of carbonyl (C=O) groups excluding carboxylic acids is 1. The summed E-state index contributed by atoms with van der Waals surface area (Å²) in [6, 6.07) is 0. The van der Waals surface area contributed by atoms with E-state index in [2.05, 4.69) is 32.0 Å². The lowest BCUT2D eigenvalue weighted by Crippen LogP contribution is -2.19. The maximum absolute atomic E-state index is 10.9. The van der Waals surface area contributed by atoms with Gasteiger partial charge in [-0.3, -0.25) is 14.6 Å². The molecule has 0 aliphatic heterocycles. The Morgan fingerprint density at radius 3 is 1.76 bits per heavy atom. The summed E-state index contributed by atoms with van der Waals surface area (Å²) in [5.74, 6) is -0.259. The fourth-order valence-corrected chi connectivity index (χ4v) is 1.93. The predicted octanol–water partition coefficient (Wildman–Crippen LogP) is 2.44. The van der Waals surface area contributed by atoms with E-state index < -0.39 is 0 Å². The van der Waals surface area contributed by atoms with Crippen molar-refractivity contribution in [3.05, 3.63) is 0 Å². The summed E-state index contributed by atoms with van der Waals surface area (Å²) in [5.41, 5.74) is 2.07. The first-order valence-corrected chi connectivity index (χ1v) is 9.16. The van der Waals surface area contributed by atoms with E-state index in [4.69, 9.17) is 10.2 Å². The van der Waals surface area contributed by atoms with Gasteiger partial charge in [0.1, 0.15) is 0 Å². The van der Waals surface area contributed by atoms with Crippen LogP contribution in [-0.4, -0.2) is 49.7 Å². The van der Waals surface area contributed by atoms with Gasteiger partial charge in [-0.1, -0.05) is 63.9 Å². The fourth-order valence-electron chi connectivity index (χ4n) is 1.93. The van der Waals surface area contributed by atoms with Crippen LogP contribution >= 0.6 is 0 Å². The van der Waals surface area contributed by atoms with E-state index in [-0.39, 0.29) is 32.4 Å². The first kappa shape index (κ1) is 26.5. The standard InChI is InChI=1S/C13H26O3.C4H11NO4/c1-3-4-5-6-7-8-9-10-11-12-13(14)16-15-2;6-1-3-8-5-9-4-2-7/h3-12H2,1-2H3;5-7H,1-4H2. The van der Waals surface area contributed by atoms with Crippen LogP contribution < -0.4 is 5.64 Å². The highest BCUT2D eigenvalue weighted by molar-refractivity contribution is 5.68. The number of aliphatic hydroxyl groups excluding tert-OH is 2. The Balaban J connectivity index is 0. The van der Waals surface area contributed by atoms with Gasteiger partial charge in [0.25, 0.3) is 0 Å². The van der Waals surface area contributed by atoms with E-state index >= 15 is 0 Å². The molecular formula is C17H37NO7. The zero-order valence-electron chi connectivity index (χ0n) is 15.8. The Morgan fingerprint density at radius 2 is 1.32 bits per heavy atom. The van der Waals surface area contributed by atoms with Gasteiger partial charge in [-0.2, -0.15) is 4.89 Å². The maximum atomic E-state index is 10.9. The van der Waals surface area contributed by atoms with Crippen molar-refractivity contribution in [1.82, 2.24) is 5.64 Å². The summed E-state index contributed by atoms with van der Waals surface area (Å²) in [5, 5.41) is 16.3. The Bertz CT molecular complexity index is 249. The summed E-state index contributed by atoms with van der Waals surface area (Å²) in [6.07, 6.45) is 11.8. The molecule has 0 saturated heterocycles. The molecule has 0 rings (SSSR count). The molecule has 0 bridgehead atoms. The summed E-state index contributed by atoms with van der Waals surface area (Å²) in [7, 11) is 1.36. The molecule has 0 heterocycles. The molecule has 0 amide bonds. The van der Waals surface area contributed by atoms with Crippen LogP contribution in [0, 0.1) is 0 Å². The molecule has 0 unspecified atom stereocenters. The monoisotopic (exact) mass is 367 g/mol. The van der Waals surface area contributed by atoms with Crippen LogP contribution in [0.1, 0.15) is 71.1 Å². The lowest BCUT2D eigenvalue weighted by atomic mass is 10.1. The van der Waals surface area contributed by atoms with Crippen LogP contribution in [0.25, 0.3) is 0 Å². The van der Waals surface area contributed by atoms with Gasteiger partial charge in [0.2, 0.25) is 0 Å². The average Bonchev–Trinajstić information content (AvgIpc) is 2.61. The molecule has 152 valence electrons. The third-order valence-corrected chi connectivity index (χ3v) is 3.17. The van der Waals surface area contributed by atoms with Gasteiger partial charge >= 0.3 is 5.97 Å². The van der Waals surface area contributed by atoms with Gasteiger partial charge < -0.3 is 10.2 Å². The van der Waals surface area contributed by atoms with E-state index in [1.165, 1.54) is 52.1 Å². The molecule has 0 radical (unpaired) electrons. The number of rotatable bonds is 17. The van der Waals surface area contributed by atoms with Gasteiger partial charge in [-0.25, -0.2) is 4.79 Å².